The molecule has 0 radical (unpaired) electrons. The highest BCUT2D eigenvalue weighted by Crippen LogP contribution is 2.20. The number of nitrogens with zero attached hydrogens (tertiary/aromatic N) is 1. The number of sulfone groups is 1. The van der Waals surface area contributed by atoms with Crippen LogP contribution in [0.2, 0.25) is 0 Å². The molecule has 1 aromatic heterocycles. The second-order valence-electron chi connectivity index (χ2n) is 4.42. The summed E-state index contributed by atoms with van der Waals surface area (Å²) in [6.45, 7) is 2.61. The summed E-state index contributed by atoms with van der Waals surface area (Å²) in [4.78, 5) is 13.6. The summed E-state index contributed by atoms with van der Waals surface area (Å²) in [5.74, 6) is 0.322. The molecule has 18 heavy (non-hydrogen) atoms. The van der Waals surface area contributed by atoms with E-state index in [1.54, 1.807) is 24.0 Å². The normalized spacial score (nSPS) is 17.9. The molecule has 2 rings (SSSR count). The summed E-state index contributed by atoms with van der Waals surface area (Å²) < 4.78 is 28.5. The first-order valence-corrected chi connectivity index (χ1v) is 7.80. The quantitative estimate of drug-likeness (QED) is 0.831. The van der Waals surface area contributed by atoms with Crippen LogP contribution in [0.15, 0.2) is 22.8 Å². The molecule has 0 bridgehead atoms. The molecule has 1 saturated heterocycles. The highest BCUT2D eigenvalue weighted by molar-refractivity contribution is 7.92. The van der Waals surface area contributed by atoms with E-state index in [1.165, 1.54) is 6.26 Å². The molecule has 0 N–H and O–H groups in total. The van der Waals surface area contributed by atoms with Crippen LogP contribution in [0, 0.1) is 0 Å². The van der Waals surface area contributed by atoms with E-state index in [0.717, 1.165) is 0 Å². The second-order valence-corrected chi connectivity index (χ2v) is 6.99. The van der Waals surface area contributed by atoms with Crippen LogP contribution >= 0.6 is 0 Å². The molecule has 0 spiro atoms. The standard InChI is InChI=1S/C12H17NO4S/c1-2-18(15,16)10-5-7-13(8-6-10)12(14)11-4-3-9-17-11/h3-4,9-10H,2,5-8H2,1H3. The Morgan fingerprint density at radius 1 is 1.44 bits per heavy atom. The van der Waals surface area contributed by atoms with Crippen LogP contribution in [0.3, 0.4) is 0 Å². The van der Waals surface area contributed by atoms with E-state index >= 15 is 0 Å². The fraction of sp³-hybridized carbons (Fsp3) is 0.583. The van der Waals surface area contributed by atoms with Crippen molar-refractivity contribution in [1.29, 1.82) is 0 Å². The van der Waals surface area contributed by atoms with Gasteiger partial charge in [0.25, 0.3) is 5.91 Å². The minimum Gasteiger partial charge on any atom is -0.459 e. The molecule has 100 valence electrons. The van der Waals surface area contributed by atoms with E-state index < -0.39 is 9.84 Å². The number of hydrogen-bond acceptors (Lipinski definition) is 4. The predicted octanol–water partition coefficient (Wildman–Crippen LogP) is 1.32. The van der Waals surface area contributed by atoms with Gasteiger partial charge < -0.3 is 9.32 Å². The molecule has 1 aliphatic heterocycles. The summed E-state index contributed by atoms with van der Waals surface area (Å²) in [6, 6.07) is 3.29. The van der Waals surface area contributed by atoms with Gasteiger partial charge in [-0.25, -0.2) is 8.42 Å². The maximum Gasteiger partial charge on any atom is 0.289 e. The van der Waals surface area contributed by atoms with Gasteiger partial charge in [-0.2, -0.15) is 0 Å². The lowest BCUT2D eigenvalue weighted by Gasteiger charge is -2.30. The number of likely N-dealkylation sites (tertiary alicyclic amines) is 1. The van der Waals surface area contributed by atoms with E-state index in [0.29, 0.717) is 31.7 Å². The number of hydrogen-bond donors (Lipinski definition) is 0. The molecule has 5 nitrogen and oxygen atoms in total. The van der Waals surface area contributed by atoms with Crippen molar-refractivity contribution in [2.24, 2.45) is 0 Å². The first kappa shape index (κ1) is 13.1. The van der Waals surface area contributed by atoms with Crippen molar-refractivity contribution in [3.8, 4) is 0 Å². The molecule has 0 atom stereocenters. The van der Waals surface area contributed by atoms with Crippen molar-refractivity contribution < 1.29 is 17.6 Å². The Hall–Kier alpha value is -1.30. The van der Waals surface area contributed by atoms with Crippen molar-refractivity contribution in [2.45, 2.75) is 25.0 Å². The Bertz CT molecular complexity index is 498. The maximum absolute atomic E-state index is 12.0. The minimum atomic E-state index is -2.99. The lowest BCUT2D eigenvalue weighted by molar-refractivity contribution is 0.0693. The third-order valence-electron chi connectivity index (χ3n) is 3.37. The third-order valence-corrected chi connectivity index (χ3v) is 5.66. The Morgan fingerprint density at radius 2 is 2.11 bits per heavy atom. The van der Waals surface area contributed by atoms with E-state index in [1.807, 2.05) is 0 Å². The Kier molecular flexibility index (Phi) is 3.75. The van der Waals surface area contributed by atoms with Gasteiger partial charge in [0.2, 0.25) is 0 Å². The minimum absolute atomic E-state index is 0.160. The van der Waals surface area contributed by atoms with E-state index in [2.05, 4.69) is 0 Å². The Labute approximate surface area is 107 Å². The first-order chi connectivity index (χ1) is 8.54. The molecule has 1 aromatic rings. The molecule has 1 amide bonds. The summed E-state index contributed by atoms with van der Waals surface area (Å²) in [5, 5.41) is -0.303. The zero-order valence-corrected chi connectivity index (χ0v) is 11.1. The first-order valence-electron chi connectivity index (χ1n) is 6.09. The van der Waals surface area contributed by atoms with Crippen LogP contribution in [0.1, 0.15) is 30.3 Å². The molecule has 2 heterocycles. The van der Waals surface area contributed by atoms with Gasteiger partial charge in [0.1, 0.15) is 0 Å². The van der Waals surface area contributed by atoms with E-state index in [9.17, 15) is 13.2 Å². The topological polar surface area (TPSA) is 67.6 Å². The van der Waals surface area contributed by atoms with Crippen molar-refractivity contribution in [2.75, 3.05) is 18.8 Å². The zero-order valence-electron chi connectivity index (χ0n) is 10.3. The molecular formula is C12H17NO4S. The summed E-state index contributed by atoms with van der Waals surface area (Å²) in [6.07, 6.45) is 2.49. The molecule has 0 saturated carbocycles. The predicted molar refractivity (Wildman–Crippen MR) is 67.1 cm³/mol. The van der Waals surface area contributed by atoms with Crippen LogP contribution in [0.25, 0.3) is 0 Å². The van der Waals surface area contributed by atoms with Gasteiger partial charge in [0.05, 0.1) is 11.5 Å². The molecule has 0 aromatic carbocycles. The smallest absolute Gasteiger partial charge is 0.289 e. The van der Waals surface area contributed by atoms with Gasteiger partial charge in [-0.15, -0.1) is 0 Å². The average Bonchev–Trinajstić information content (AvgIpc) is 2.92. The van der Waals surface area contributed by atoms with Gasteiger partial charge in [0, 0.05) is 18.8 Å². The van der Waals surface area contributed by atoms with Gasteiger partial charge in [-0.1, -0.05) is 6.92 Å². The monoisotopic (exact) mass is 271 g/mol. The maximum atomic E-state index is 12.0. The fourth-order valence-corrected chi connectivity index (χ4v) is 3.61. The lowest BCUT2D eigenvalue weighted by Crippen LogP contribution is -2.42. The van der Waals surface area contributed by atoms with Gasteiger partial charge in [-0.05, 0) is 25.0 Å². The van der Waals surface area contributed by atoms with Crippen LogP contribution in [0.5, 0.6) is 0 Å². The largest absolute Gasteiger partial charge is 0.459 e. The van der Waals surface area contributed by atoms with Crippen LogP contribution in [0.4, 0.5) is 0 Å². The van der Waals surface area contributed by atoms with Crippen molar-refractivity contribution >= 4 is 15.7 Å². The number of carbonyl (C=O) groups excluding carboxylic acids is 1. The Balaban J connectivity index is 1.97. The molecule has 1 aliphatic rings. The Morgan fingerprint density at radius 3 is 2.61 bits per heavy atom. The third kappa shape index (κ3) is 2.58. The number of rotatable bonds is 3. The second kappa shape index (κ2) is 5.14. The lowest BCUT2D eigenvalue weighted by atomic mass is 10.1. The highest BCUT2D eigenvalue weighted by Gasteiger charge is 2.31. The summed E-state index contributed by atoms with van der Waals surface area (Å²) in [5.41, 5.74) is 0. The molecule has 6 heteroatoms. The van der Waals surface area contributed by atoms with Gasteiger partial charge >= 0.3 is 0 Å². The SMILES string of the molecule is CCS(=O)(=O)C1CCN(C(=O)c2ccco2)CC1. The molecular weight excluding hydrogens is 254 g/mol. The van der Waals surface area contributed by atoms with Crippen LogP contribution < -0.4 is 0 Å². The average molecular weight is 271 g/mol. The summed E-state index contributed by atoms with van der Waals surface area (Å²) >= 11 is 0. The van der Waals surface area contributed by atoms with E-state index in [4.69, 9.17) is 4.42 Å². The van der Waals surface area contributed by atoms with Crippen LogP contribution in [-0.2, 0) is 9.84 Å². The number of piperidine rings is 1. The highest BCUT2D eigenvalue weighted by atomic mass is 32.2. The zero-order chi connectivity index (χ0) is 13.2. The van der Waals surface area contributed by atoms with E-state index in [-0.39, 0.29) is 16.9 Å². The molecule has 1 fully saturated rings. The van der Waals surface area contributed by atoms with Crippen molar-refractivity contribution in [1.82, 2.24) is 4.90 Å². The van der Waals surface area contributed by atoms with Crippen molar-refractivity contribution in [3.05, 3.63) is 24.2 Å². The van der Waals surface area contributed by atoms with Crippen LogP contribution in [-0.4, -0.2) is 43.3 Å². The number of amides is 1. The number of furan rings is 1. The number of carbonyl (C=O) groups is 1. The van der Waals surface area contributed by atoms with Gasteiger partial charge in [0.15, 0.2) is 15.6 Å². The molecule has 0 aliphatic carbocycles. The van der Waals surface area contributed by atoms with Gasteiger partial charge in [-0.3, -0.25) is 4.79 Å². The fourth-order valence-electron chi connectivity index (χ4n) is 2.21. The van der Waals surface area contributed by atoms with Crippen molar-refractivity contribution in [3.63, 3.8) is 0 Å². The summed E-state index contributed by atoms with van der Waals surface area (Å²) in [7, 11) is -2.99. The molecule has 0 unspecified atom stereocenters.